The summed E-state index contributed by atoms with van der Waals surface area (Å²) in [6, 6.07) is 3.82. The maximum Gasteiger partial charge on any atom is 0.252 e. The molecule has 1 amide bonds. The lowest BCUT2D eigenvalue weighted by molar-refractivity contribution is 0.0243. The maximum atomic E-state index is 12.9. The molecule has 19 heavy (non-hydrogen) atoms. The first-order chi connectivity index (χ1) is 8.85. The molecule has 0 radical (unpaired) electrons. The van der Waals surface area contributed by atoms with E-state index in [2.05, 4.69) is 21.2 Å². The number of hydrogen-bond acceptors (Lipinski definition) is 3. The number of nitrogens with one attached hydrogen (secondary N) is 1. The van der Waals surface area contributed by atoms with E-state index in [1.54, 1.807) is 14.0 Å². The Morgan fingerprint density at radius 1 is 1.58 bits per heavy atom. The molecule has 1 atom stereocenters. The van der Waals surface area contributed by atoms with Crippen LogP contribution in [0.2, 0.25) is 0 Å². The molecular weight excluding hydrogens is 317 g/mol. The standard InChI is InChI=1S/C13H17BrFNO3/c1-13(18,5-6-19-2)8-16-12(17)10-4-3-9(15)7-11(10)14/h3-4,7,18H,5-6,8H2,1-2H3,(H,16,17). The minimum atomic E-state index is -1.04. The van der Waals surface area contributed by atoms with Gasteiger partial charge in [-0.3, -0.25) is 4.79 Å². The SMILES string of the molecule is COCCC(C)(O)CNC(=O)c1ccc(F)cc1Br. The number of hydrogen-bond donors (Lipinski definition) is 2. The van der Waals surface area contributed by atoms with Crippen LogP contribution in [0.5, 0.6) is 0 Å². The molecule has 0 aliphatic carbocycles. The van der Waals surface area contributed by atoms with Gasteiger partial charge in [0.05, 0.1) is 11.2 Å². The van der Waals surface area contributed by atoms with E-state index in [0.717, 1.165) is 0 Å². The third-order valence-electron chi connectivity index (χ3n) is 2.65. The van der Waals surface area contributed by atoms with E-state index in [4.69, 9.17) is 4.74 Å². The van der Waals surface area contributed by atoms with Crippen molar-refractivity contribution in [2.45, 2.75) is 18.9 Å². The number of methoxy groups -OCH3 is 1. The van der Waals surface area contributed by atoms with Gasteiger partial charge in [0, 0.05) is 31.2 Å². The predicted molar refractivity (Wildman–Crippen MR) is 73.6 cm³/mol. The zero-order valence-electron chi connectivity index (χ0n) is 10.9. The number of ether oxygens (including phenoxy) is 1. The Morgan fingerprint density at radius 3 is 2.84 bits per heavy atom. The summed E-state index contributed by atoms with van der Waals surface area (Å²) in [5, 5.41) is 12.6. The first-order valence-electron chi connectivity index (χ1n) is 5.80. The van der Waals surface area contributed by atoms with Crippen molar-refractivity contribution in [3.63, 3.8) is 0 Å². The summed E-state index contributed by atoms with van der Waals surface area (Å²) in [5.74, 6) is -0.792. The molecule has 0 saturated heterocycles. The lowest BCUT2D eigenvalue weighted by atomic mass is 10.0. The smallest absolute Gasteiger partial charge is 0.252 e. The summed E-state index contributed by atoms with van der Waals surface area (Å²) in [4.78, 5) is 11.9. The van der Waals surface area contributed by atoms with Crippen molar-refractivity contribution in [2.24, 2.45) is 0 Å². The lowest BCUT2D eigenvalue weighted by Gasteiger charge is -2.23. The molecule has 2 N–H and O–H groups in total. The fraction of sp³-hybridized carbons (Fsp3) is 0.462. The van der Waals surface area contributed by atoms with Gasteiger partial charge in [0.1, 0.15) is 5.82 Å². The predicted octanol–water partition coefficient (Wildman–Crippen LogP) is 2.11. The second-order valence-electron chi connectivity index (χ2n) is 4.55. The van der Waals surface area contributed by atoms with Crippen LogP contribution in [0.15, 0.2) is 22.7 Å². The lowest BCUT2D eigenvalue weighted by Crippen LogP contribution is -2.41. The van der Waals surface area contributed by atoms with Gasteiger partial charge in [-0.2, -0.15) is 0 Å². The number of benzene rings is 1. The second-order valence-corrected chi connectivity index (χ2v) is 5.40. The van der Waals surface area contributed by atoms with Gasteiger partial charge >= 0.3 is 0 Å². The monoisotopic (exact) mass is 333 g/mol. The first kappa shape index (κ1) is 16.1. The summed E-state index contributed by atoms with van der Waals surface area (Å²) in [6.45, 7) is 2.12. The third kappa shape index (κ3) is 5.26. The highest BCUT2D eigenvalue weighted by atomic mass is 79.9. The topological polar surface area (TPSA) is 58.6 Å². The van der Waals surface area contributed by atoms with E-state index in [0.29, 0.717) is 23.1 Å². The van der Waals surface area contributed by atoms with Gasteiger partial charge in [0.2, 0.25) is 0 Å². The molecule has 0 aliphatic heterocycles. The van der Waals surface area contributed by atoms with Crippen LogP contribution in [-0.4, -0.2) is 36.9 Å². The van der Waals surface area contributed by atoms with E-state index in [1.165, 1.54) is 18.2 Å². The number of amides is 1. The van der Waals surface area contributed by atoms with Gasteiger partial charge in [0.15, 0.2) is 0 Å². The molecule has 0 fully saturated rings. The van der Waals surface area contributed by atoms with E-state index in [1.807, 2.05) is 0 Å². The molecule has 4 nitrogen and oxygen atoms in total. The fourth-order valence-corrected chi connectivity index (χ4v) is 1.98. The van der Waals surface area contributed by atoms with Crippen molar-refractivity contribution >= 4 is 21.8 Å². The minimum absolute atomic E-state index is 0.0962. The molecule has 106 valence electrons. The Hall–Kier alpha value is -0.980. The highest BCUT2D eigenvalue weighted by molar-refractivity contribution is 9.10. The Bertz CT molecular complexity index is 452. The summed E-state index contributed by atoms with van der Waals surface area (Å²) < 4.78 is 18.2. The highest BCUT2D eigenvalue weighted by Gasteiger charge is 2.21. The van der Waals surface area contributed by atoms with Crippen LogP contribution in [0.25, 0.3) is 0 Å². The second kappa shape index (κ2) is 6.98. The normalized spacial score (nSPS) is 13.9. The molecule has 1 aromatic carbocycles. The van der Waals surface area contributed by atoms with Gasteiger partial charge in [-0.1, -0.05) is 0 Å². The zero-order chi connectivity index (χ0) is 14.5. The van der Waals surface area contributed by atoms with Crippen LogP contribution in [0, 0.1) is 5.82 Å². The molecule has 1 unspecified atom stereocenters. The summed E-state index contributed by atoms with van der Waals surface area (Å²) in [5.41, 5.74) is -0.720. The molecule has 0 bridgehead atoms. The Kier molecular flexibility index (Phi) is 5.90. The molecule has 0 aromatic heterocycles. The average molecular weight is 334 g/mol. The van der Waals surface area contributed by atoms with Crippen molar-refractivity contribution in [1.82, 2.24) is 5.32 Å². The largest absolute Gasteiger partial charge is 0.388 e. The van der Waals surface area contributed by atoms with Gasteiger partial charge < -0.3 is 15.2 Å². The molecule has 6 heteroatoms. The van der Waals surface area contributed by atoms with Crippen molar-refractivity contribution in [3.8, 4) is 0 Å². The minimum Gasteiger partial charge on any atom is -0.388 e. The van der Waals surface area contributed by atoms with Crippen molar-refractivity contribution < 1.29 is 19.0 Å². The molecule has 0 spiro atoms. The van der Waals surface area contributed by atoms with E-state index in [9.17, 15) is 14.3 Å². The fourth-order valence-electron chi connectivity index (χ4n) is 1.45. The van der Waals surface area contributed by atoms with Crippen LogP contribution in [0.4, 0.5) is 4.39 Å². The van der Waals surface area contributed by atoms with Crippen LogP contribution < -0.4 is 5.32 Å². The van der Waals surface area contributed by atoms with Crippen molar-refractivity contribution in [3.05, 3.63) is 34.1 Å². The molecular formula is C13H17BrFNO3. The van der Waals surface area contributed by atoms with Crippen LogP contribution in [0.1, 0.15) is 23.7 Å². The van der Waals surface area contributed by atoms with Crippen molar-refractivity contribution in [1.29, 1.82) is 0 Å². The maximum absolute atomic E-state index is 12.9. The van der Waals surface area contributed by atoms with Crippen LogP contribution >= 0.6 is 15.9 Å². The van der Waals surface area contributed by atoms with E-state index < -0.39 is 11.4 Å². The van der Waals surface area contributed by atoms with E-state index in [-0.39, 0.29) is 12.5 Å². The number of carbonyl (C=O) groups is 1. The highest BCUT2D eigenvalue weighted by Crippen LogP contribution is 2.18. The number of halogens is 2. The van der Waals surface area contributed by atoms with Gasteiger partial charge in [-0.05, 0) is 41.1 Å². The number of carbonyl (C=O) groups excluding carboxylic acids is 1. The van der Waals surface area contributed by atoms with Gasteiger partial charge in [0.25, 0.3) is 5.91 Å². The molecule has 0 heterocycles. The summed E-state index contributed by atoms with van der Waals surface area (Å²) >= 11 is 3.13. The zero-order valence-corrected chi connectivity index (χ0v) is 12.5. The Labute approximate surface area is 120 Å². The van der Waals surface area contributed by atoms with Crippen molar-refractivity contribution in [2.75, 3.05) is 20.3 Å². The Morgan fingerprint density at radius 2 is 2.26 bits per heavy atom. The van der Waals surface area contributed by atoms with Gasteiger partial charge in [-0.15, -0.1) is 0 Å². The Balaban J connectivity index is 2.60. The number of aliphatic hydroxyl groups is 1. The van der Waals surface area contributed by atoms with E-state index >= 15 is 0 Å². The molecule has 1 rings (SSSR count). The molecule has 1 aromatic rings. The van der Waals surface area contributed by atoms with Crippen LogP contribution in [0.3, 0.4) is 0 Å². The first-order valence-corrected chi connectivity index (χ1v) is 6.59. The molecule has 0 saturated carbocycles. The average Bonchev–Trinajstić information content (AvgIpc) is 2.34. The quantitative estimate of drug-likeness (QED) is 0.838. The third-order valence-corrected chi connectivity index (χ3v) is 3.31. The van der Waals surface area contributed by atoms with Gasteiger partial charge in [-0.25, -0.2) is 4.39 Å². The van der Waals surface area contributed by atoms with Crippen LogP contribution in [-0.2, 0) is 4.74 Å². The summed E-state index contributed by atoms with van der Waals surface area (Å²) in [7, 11) is 1.55. The number of rotatable bonds is 6. The summed E-state index contributed by atoms with van der Waals surface area (Å²) in [6.07, 6.45) is 0.411. The molecule has 0 aliphatic rings.